The summed E-state index contributed by atoms with van der Waals surface area (Å²) in [7, 11) is 4.44. The van der Waals surface area contributed by atoms with Crippen molar-refractivity contribution in [3.63, 3.8) is 0 Å². The lowest BCUT2D eigenvalue weighted by atomic mass is 10.2. The van der Waals surface area contributed by atoms with E-state index in [0.717, 1.165) is 0 Å². The number of methoxy groups -OCH3 is 3. The van der Waals surface area contributed by atoms with Gasteiger partial charge in [0.05, 0.1) is 21.3 Å². The van der Waals surface area contributed by atoms with Crippen molar-refractivity contribution >= 4 is 17.5 Å². The van der Waals surface area contributed by atoms with E-state index in [4.69, 9.17) is 14.2 Å². The van der Waals surface area contributed by atoms with E-state index in [9.17, 15) is 9.59 Å². The minimum absolute atomic E-state index is 0.389. The number of rotatable bonds is 6. The third-order valence-electron chi connectivity index (χ3n) is 3.17. The highest BCUT2D eigenvalue weighted by molar-refractivity contribution is 6.39. The maximum atomic E-state index is 12.0. The Morgan fingerprint density at radius 1 is 1.00 bits per heavy atom. The Labute approximate surface area is 130 Å². The van der Waals surface area contributed by atoms with Crippen molar-refractivity contribution in [2.24, 2.45) is 0 Å². The summed E-state index contributed by atoms with van der Waals surface area (Å²) in [6.45, 7) is 4.57. The predicted molar refractivity (Wildman–Crippen MR) is 82.7 cm³/mol. The monoisotopic (exact) mass is 310 g/mol. The lowest BCUT2D eigenvalue weighted by Gasteiger charge is -2.18. The van der Waals surface area contributed by atoms with Crippen LogP contribution in [0.2, 0.25) is 0 Å². The lowest BCUT2D eigenvalue weighted by Crippen LogP contribution is -2.39. The van der Waals surface area contributed by atoms with Crippen molar-refractivity contribution in [3.05, 3.63) is 12.1 Å². The Kier molecular flexibility index (Phi) is 6.49. The van der Waals surface area contributed by atoms with E-state index in [-0.39, 0.29) is 0 Å². The second kappa shape index (κ2) is 8.11. The van der Waals surface area contributed by atoms with Gasteiger partial charge in [-0.1, -0.05) is 0 Å². The highest BCUT2D eigenvalue weighted by Crippen LogP contribution is 2.39. The van der Waals surface area contributed by atoms with Crippen molar-refractivity contribution in [2.75, 3.05) is 39.7 Å². The van der Waals surface area contributed by atoms with Crippen LogP contribution < -0.4 is 19.5 Å². The topological polar surface area (TPSA) is 77.1 Å². The second-order valence-corrected chi connectivity index (χ2v) is 4.35. The molecule has 0 aliphatic carbocycles. The van der Waals surface area contributed by atoms with E-state index in [1.807, 2.05) is 13.8 Å². The molecule has 22 heavy (non-hydrogen) atoms. The molecule has 0 saturated carbocycles. The first kappa shape index (κ1) is 17.6. The molecule has 0 bridgehead atoms. The molecule has 0 aliphatic heterocycles. The molecular formula is C15H22N2O5. The maximum Gasteiger partial charge on any atom is 0.313 e. The Bertz CT molecular complexity index is 516. The molecule has 0 fully saturated rings. The van der Waals surface area contributed by atoms with Gasteiger partial charge >= 0.3 is 11.8 Å². The second-order valence-electron chi connectivity index (χ2n) is 4.35. The van der Waals surface area contributed by atoms with Gasteiger partial charge in [0.25, 0.3) is 0 Å². The van der Waals surface area contributed by atoms with E-state index >= 15 is 0 Å². The summed E-state index contributed by atoms with van der Waals surface area (Å²) in [5, 5.41) is 2.55. The molecule has 1 aromatic carbocycles. The van der Waals surface area contributed by atoms with Gasteiger partial charge in [-0.05, 0) is 13.8 Å². The molecule has 0 saturated heterocycles. The van der Waals surface area contributed by atoms with E-state index in [1.165, 1.54) is 26.2 Å². The van der Waals surface area contributed by atoms with E-state index in [2.05, 4.69) is 5.32 Å². The fourth-order valence-electron chi connectivity index (χ4n) is 1.99. The van der Waals surface area contributed by atoms with Crippen LogP contribution in [0.5, 0.6) is 17.2 Å². The third kappa shape index (κ3) is 3.81. The van der Waals surface area contributed by atoms with E-state index < -0.39 is 11.8 Å². The predicted octanol–water partition coefficient (Wildman–Crippen LogP) is 1.52. The highest BCUT2D eigenvalue weighted by atomic mass is 16.5. The number of hydrogen-bond donors (Lipinski definition) is 1. The quantitative estimate of drug-likeness (QED) is 0.806. The zero-order valence-electron chi connectivity index (χ0n) is 13.6. The molecule has 7 nitrogen and oxygen atoms in total. The zero-order chi connectivity index (χ0) is 16.7. The molecule has 0 atom stereocenters. The minimum Gasteiger partial charge on any atom is -0.493 e. The van der Waals surface area contributed by atoms with Crippen LogP contribution in [0, 0.1) is 0 Å². The molecule has 122 valence electrons. The SMILES string of the molecule is CCN(CC)C(=O)C(=O)Nc1cc(OC)c(OC)c(OC)c1. The first-order chi connectivity index (χ1) is 10.5. The van der Waals surface area contributed by atoms with Gasteiger partial charge < -0.3 is 24.4 Å². The van der Waals surface area contributed by atoms with Crippen LogP contribution in [-0.4, -0.2) is 51.1 Å². The average molecular weight is 310 g/mol. The van der Waals surface area contributed by atoms with Gasteiger partial charge in [0.15, 0.2) is 11.5 Å². The van der Waals surface area contributed by atoms with Gasteiger partial charge in [-0.25, -0.2) is 0 Å². The molecule has 2 amide bonds. The molecule has 0 heterocycles. The molecule has 1 N–H and O–H groups in total. The van der Waals surface area contributed by atoms with E-state index in [1.54, 1.807) is 12.1 Å². The average Bonchev–Trinajstić information content (AvgIpc) is 2.54. The van der Waals surface area contributed by atoms with Gasteiger partial charge in [-0.3, -0.25) is 9.59 Å². The fourth-order valence-corrected chi connectivity index (χ4v) is 1.99. The number of carbonyl (C=O) groups is 2. The number of nitrogens with zero attached hydrogens (tertiary/aromatic N) is 1. The minimum atomic E-state index is -0.710. The summed E-state index contributed by atoms with van der Waals surface area (Å²) < 4.78 is 15.6. The zero-order valence-corrected chi connectivity index (χ0v) is 13.6. The maximum absolute atomic E-state index is 12.0. The number of ether oxygens (including phenoxy) is 3. The first-order valence-electron chi connectivity index (χ1n) is 6.92. The number of benzene rings is 1. The summed E-state index contributed by atoms with van der Waals surface area (Å²) in [4.78, 5) is 25.4. The van der Waals surface area contributed by atoms with E-state index in [0.29, 0.717) is 36.0 Å². The Morgan fingerprint density at radius 2 is 1.50 bits per heavy atom. The van der Waals surface area contributed by atoms with Gasteiger partial charge in [0, 0.05) is 30.9 Å². The summed E-state index contributed by atoms with van der Waals surface area (Å²) in [6, 6.07) is 3.13. The van der Waals surface area contributed by atoms with Crippen molar-refractivity contribution in [2.45, 2.75) is 13.8 Å². The normalized spacial score (nSPS) is 9.86. The summed E-state index contributed by atoms with van der Waals surface area (Å²) in [6.07, 6.45) is 0. The lowest BCUT2D eigenvalue weighted by molar-refractivity contribution is -0.142. The molecule has 0 aromatic heterocycles. The van der Waals surface area contributed by atoms with Crippen LogP contribution in [0.1, 0.15) is 13.8 Å². The van der Waals surface area contributed by atoms with Gasteiger partial charge in [-0.2, -0.15) is 0 Å². The van der Waals surface area contributed by atoms with Crippen LogP contribution in [0.15, 0.2) is 12.1 Å². The number of hydrogen-bond acceptors (Lipinski definition) is 5. The van der Waals surface area contributed by atoms with Crippen molar-refractivity contribution in [1.29, 1.82) is 0 Å². The summed E-state index contributed by atoms with van der Waals surface area (Å²) in [5.74, 6) is -0.0883. The van der Waals surface area contributed by atoms with Crippen LogP contribution in [0.3, 0.4) is 0 Å². The number of amides is 2. The third-order valence-corrected chi connectivity index (χ3v) is 3.17. The molecule has 0 radical (unpaired) electrons. The molecule has 7 heteroatoms. The molecule has 0 unspecified atom stereocenters. The summed E-state index contributed by atoms with van der Waals surface area (Å²) >= 11 is 0. The summed E-state index contributed by atoms with van der Waals surface area (Å²) in [5.41, 5.74) is 0.389. The Hall–Kier alpha value is -2.44. The van der Waals surface area contributed by atoms with Crippen molar-refractivity contribution in [1.82, 2.24) is 4.90 Å². The van der Waals surface area contributed by atoms with Crippen molar-refractivity contribution in [3.8, 4) is 17.2 Å². The number of carbonyl (C=O) groups excluding carboxylic acids is 2. The largest absolute Gasteiger partial charge is 0.493 e. The molecule has 1 rings (SSSR count). The number of nitrogens with one attached hydrogen (secondary N) is 1. The van der Waals surface area contributed by atoms with Gasteiger partial charge in [0.1, 0.15) is 0 Å². The van der Waals surface area contributed by atoms with Crippen LogP contribution >= 0.6 is 0 Å². The van der Waals surface area contributed by atoms with Crippen LogP contribution in [0.25, 0.3) is 0 Å². The van der Waals surface area contributed by atoms with Crippen LogP contribution in [0.4, 0.5) is 5.69 Å². The smallest absolute Gasteiger partial charge is 0.313 e. The first-order valence-corrected chi connectivity index (χ1v) is 6.92. The number of likely N-dealkylation sites (N-methyl/N-ethyl adjacent to an activating group) is 1. The number of anilines is 1. The fraction of sp³-hybridized carbons (Fsp3) is 0.467. The van der Waals surface area contributed by atoms with Crippen LogP contribution in [-0.2, 0) is 9.59 Å². The Morgan fingerprint density at radius 3 is 1.86 bits per heavy atom. The standard InChI is InChI=1S/C15H22N2O5/c1-6-17(7-2)15(19)14(18)16-10-8-11(20-3)13(22-5)12(9-10)21-4/h8-9H,6-7H2,1-5H3,(H,16,18). The highest BCUT2D eigenvalue weighted by Gasteiger charge is 2.21. The molecule has 0 spiro atoms. The Balaban J connectivity index is 3.03. The van der Waals surface area contributed by atoms with Gasteiger partial charge in [-0.15, -0.1) is 0 Å². The molecular weight excluding hydrogens is 288 g/mol. The molecule has 1 aromatic rings. The van der Waals surface area contributed by atoms with Gasteiger partial charge in [0.2, 0.25) is 5.75 Å². The molecule has 0 aliphatic rings. The van der Waals surface area contributed by atoms with Crippen molar-refractivity contribution < 1.29 is 23.8 Å².